The fourth-order valence-electron chi connectivity index (χ4n) is 2.52. The van der Waals surface area contributed by atoms with Crippen molar-refractivity contribution in [2.75, 3.05) is 12.4 Å². The summed E-state index contributed by atoms with van der Waals surface area (Å²) in [7, 11) is 3.19. The van der Waals surface area contributed by atoms with E-state index in [0.717, 1.165) is 16.9 Å². The largest absolute Gasteiger partial charge is 0.453 e. The van der Waals surface area contributed by atoms with E-state index in [4.69, 9.17) is 0 Å². The molecule has 3 rings (SSSR count). The van der Waals surface area contributed by atoms with E-state index in [-0.39, 0.29) is 5.91 Å². The van der Waals surface area contributed by atoms with Gasteiger partial charge in [0.05, 0.1) is 24.7 Å². The number of hydrogen-bond acceptors (Lipinski definition) is 4. The number of nitrogens with zero attached hydrogens (tertiary/aromatic N) is 2. The number of anilines is 1. The van der Waals surface area contributed by atoms with Crippen molar-refractivity contribution in [1.82, 2.24) is 14.9 Å². The van der Waals surface area contributed by atoms with Crippen LogP contribution in [0.5, 0.6) is 0 Å². The van der Waals surface area contributed by atoms with Crippen molar-refractivity contribution in [3.05, 3.63) is 59.9 Å². The molecule has 25 heavy (non-hydrogen) atoms. The minimum absolute atomic E-state index is 0.249. The van der Waals surface area contributed by atoms with Crippen LogP contribution in [0.2, 0.25) is 0 Å². The molecule has 0 aliphatic heterocycles. The zero-order valence-corrected chi connectivity index (χ0v) is 13.9. The van der Waals surface area contributed by atoms with E-state index in [0.29, 0.717) is 17.8 Å². The highest BCUT2D eigenvalue weighted by Gasteiger charge is 2.11. The molecule has 1 heterocycles. The van der Waals surface area contributed by atoms with Crippen LogP contribution in [0, 0.1) is 0 Å². The molecule has 0 unspecified atom stereocenters. The van der Waals surface area contributed by atoms with Crippen LogP contribution < -0.4 is 10.6 Å². The summed E-state index contributed by atoms with van der Waals surface area (Å²) >= 11 is 0. The maximum atomic E-state index is 12.4. The number of aryl methyl sites for hydroxylation is 1. The van der Waals surface area contributed by atoms with Gasteiger partial charge in [0.15, 0.2) is 0 Å². The van der Waals surface area contributed by atoms with Crippen LogP contribution in [-0.2, 0) is 18.3 Å². The molecule has 0 aliphatic rings. The lowest BCUT2D eigenvalue weighted by molar-refractivity contribution is 0.0949. The second-order valence-corrected chi connectivity index (χ2v) is 5.46. The molecule has 0 fully saturated rings. The van der Waals surface area contributed by atoms with Crippen LogP contribution in [0.1, 0.15) is 16.2 Å². The Bertz CT molecular complexity index is 933. The smallest absolute Gasteiger partial charge is 0.411 e. The van der Waals surface area contributed by atoms with Gasteiger partial charge in [0, 0.05) is 18.3 Å². The number of methoxy groups -OCH3 is 1. The Morgan fingerprint density at radius 1 is 1.16 bits per heavy atom. The molecule has 3 aromatic rings. The Balaban J connectivity index is 1.70. The van der Waals surface area contributed by atoms with Crippen molar-refractivity contribution in [2.24, 2.45) is 7.05 Å². The molecule has 7 nitrogen and oxygen atoms in total. The van der Waals surface area contributed by atoms with Gasteiger partial charge in [-0.3, -0.25) is 10.1 Å². The van der Waals surface area contributed by atoms with Gasteiger partial charge >= 0.3 is 6.09 Å². The van der Waals surface area contributed by atoms with E-state index >= 15 is 0 Å². The number of imidazole rings is 1. The Labute approximate surface area is 144 Å². The average molecular weight is 338 g/mol. The van der Waals surface area contributed by atoms with E-state index in [1.165, 1.54) is 7.11 Å². The van der Waals surface area contributed by atoms with Gasteiger partial charge < -0.3 is 14.6 Å². The van der Waals surface area contributed by atoms with Crippen molar-refractivity contribution >= 4 is 28.7 Å². The average Bonchev–Trinajstić information content (AvgIpc) is 2.96. The number of para-hydroxylation sites is 2. The summed E-state index contributed by atoms with van der Waals surface area (Å²) in [5, 5.41) is 5.38. The molecule has 0 atom stereocenters. The first kappa shape index (κ1) is 16.5. The lowest BCUT2D eigenvalue weighted by Gasteiger charge is -2.08. The molecule has 0 saturated heterocycles. The van der Waals surface area contributed by atoms with Crippen molar-refractivity contribution < 1.29 is 14.3 Å². The molecule has 0 spiro atoms. The third kappa shape index (κ3) is 3.60. The van der Waals surface area contributed by atoms with Gasteiger partial charge in [-0.2, -0.15) is 0 Å². The molecular weight excluding hydrogens is 320 g/mol. The number of ether oxygens (including phenoxy) is 1. The number of aromatic nitrogens is 2. The SMILES string of the molecule is COC(=O)Nc1cccc(C(=O)NCc2nc3ccccc3n2C)c1. The van der Waals surface area contributed by atoms with E-state index < -0.39 is 6.09 Å². The molecule has 2 aromatic carbocycles. The highest BCUT2D eigenvalue weighted by Crippen LogP contribution is 2.15. The van der Waals surface area contributed by atoms with Crippen LogP contribution in [0.4, 0.5) is 10.5 Å². The van der Waals surface area contributed by atoms with E-state index in [1.54, 1.807) is 24.3 Å². The Morgan fingerprint density at radius 3 is 2.72 bits per heavy atom. The fourth-order valence-corrected chi connectivity index (χ4v) is 2.52. The molecule has 2 N–H and O–H groups in total. The standard InChI is InChI=1S/C18H18N4O3/c1-22-15-9-4-3-8-14(15)21-16(22)11-19-17(23)12-6-5-7-13(10-12)20-18(24)25-2/h3-10H,11H2,1-2H3,(H,19,23)(H,20,24). The summed E-state index contributed by atoms with van der Waals surface area (Å²) in [5.74, 6) is 0.513. The summed E-state index contributed by atoms with van der Waals surface area (Å²) < 4.78 is 6.49. The van der Waals surface area contributed by atoms with Gasteiger partial charge in [0.2, 0.25) is 0 Å². The van der Waals surface area contributed by atoms with Gasteiger partial charge in [-0.1, -0.05) is 18.2 Å². The van der Waals surface area contributed by atoms with E-state index in [1.807, 2.05) is 35.9 Å². The number of nitrogens with one attached hydrogen (secondary N) is 2. The van der Waals surface area contributed by atoms with Gasteiger partial charge in [0.1, 0.15) is 5.82 Å². The zero-order valence-electron chi connectivity index (χ0n) is 13.9. The minimum atomic E-state index is -0.586. The monoisotopic (exact) mass is 338 g/mol. The van der Waals surface area contributed by atoms with Crippen LogP contribution >= 0.6 is 0 Å². The fraction of sp³-hybridized carbons (Fsp3) is 0.167. The summed E-state index contributed by atoms with van der Waals surface area (Å²) in [6, 6.07) is 14.4. The van der Waals surface area contributed by atoms with Crippen molar-refractivity contribution in [1.29, 1.82) is 0 Å². The topological polar surface area (TPSA) is 85.2 Å². The number of rotatable bonds is 4. The second-order valence-electron chi connectivity index (χ2n) is 5.46. The number of hydrogen-bond donors (Lipinski definition) is 2. The first-order valence-corrected chi connectivity index (χ1v) is 7.72. The summed E-state index contributed by atoms with van der Waals surface area (Å²) in [6.07, 6.45) is -0.586. The van der Waals surface area contributed by atoms with E-state index in [9.17, 15) is 9.59 Å². The normalized spacial score (nSPS) is 10.5. The van der Waals surface area contributed by atoms with Gasteiger partial charge in [-0.15, -0.1) is 0 Å². The quantitative estimate of drug-likeness (QED) is 0.766. The van der Waals surface area contributed by atoms with Crippen LogP contribution in [0.25, 0.3) is 11.0 Å². The molecule has 2 amide bonds. The minimum Gasteiger partial charge on any atom is -0.453 e. The van der Waals surface area contributed by atoms with E-state index in [2.05, 4.69) is 20.4 Å². The van der Waals surface area contributed by atoms with Crippen LogP contribution in [0.15, 0.2) is 48.5 Å². The maximum absolute atomic E-state index is 12.4. The van der Waals surface area contributed by atoms with Crippen molar-refractivity contribution in [2.45, 2.75) is 6.54 Å². The molecule has 0 bridgehead atoms. The molecule has 128 valence electrons. The number of carbonyl (C=O) groups is 2. The van der Waals surface area contributed by atoms with Gasteiger partial charge in [0.25, 0.3) is 5.91 Å². The lowest BCUT2D eigenvalue weighted by Crippen LogP contribution is -2.24. The first-order valence-electron chi connectivity index (χ1n) is 7.72. The van der Waals surface area contributed by atoms with Gasteiger partial charge in [-0.05, 0) is 30.3 Å². The molecular formula is C18H18N4O3. The lowest BCUT2D eigenvalue weighted by atomic mass is 10.2. The number of benzene rings is 2. The number of carbonyl (C=O) groups excluding carboxylic acids is 2. The summed E-state index contributed by atoms with van der Waals surface area (Å²) in [6.45, 7) is 0.304. The highest BCUT2D eigenvalue weighted by atomic mass is 16.5. The molecule has 0 aliphatic carbocycles. The highest BCUT2D eigenvalue weighted by molar-refractivity contribution is 5.96. The van der Waals surface area contributed by atoms with Gasteiger partial charge in [-0.25, -0.2) is 9.78 Å². The predicted molar refractivity (Wildman–Crippen MR) is 94.4 cm³/mol. The van der Waals surface area contributed by atoms with Crippen LogP contribution in [0.3, 0.4) is 0 Å². The van der Waals surface area contributed by atoms with Crippen LogP contribution in [-0.4, -0.2) is 28.7 Å². The second kappa shape index (κ2) is 7.04. The van der Waals surface area contributed by atoms with Crippen molar-refractivity contribution in [3.8, 4) is 0 Å². The Kier molecular flexibility index (Phi) is 4.65. The third-order valence-electron chi connectivity index (χ3n) is 3.84. The number of fused-ring (bicyclic) bond motifs is 1. The molecule has 0 radical (unpaired) electrons. The molecule has 0 saturated carbocycles. The zero-order chi connectivity index (χ0) is 17.8. The number of amides is 2. The maximum Gasteiger partial charge on any atom is 0.411 e. The summed E-state index contributed by atoms with van der Waals surface area (Å²) in [4.78, 5) is 28.1. The first-order chi connectivity index (χ1) is 12.1. The Morgan fingerprint density at radius 2 is 1.96 bits per heavy atom. The Hall–Kier alpha value is -3.35. The third-order valence-corrected chi connectivity index (χ3v) is 3.84. The predicted octanol–water partition coefficient (Wildman–Crippen LogP) is 2.68. The van der Waals surface area contributed by atoms with Crippen molar-refractivity contribution in [3.63, 3.8) is 0 Å². The molecule has 1 aromatic heterocycles. The summed E-state index contributed by atoms with van der Waals surface area (Å²) in [5.41, 5.74) is 2.82. The molecule has 7 heteroatoms.